The van der Waals surface area contributed by atoms with Crippen molar-refractivity contribution in [1.82, 2.24) is 0 Å². The van der Waals surface area contributed by atoms with Gasteiger partial charge in [-0.3, -0.25) is 0 Å². The first-order chi connectivity index (χ1) is 4.84. The Balaban J connectivity index is 1.90. The van der Waals surface area contributed by atoms with E-state index < -0.39 is 6.29 Å². The molecule has 3 nitrogen and oxygen atoms in total. The van der Waals surface area contributed by atoms with Gasteiger partial charge >= 0.3 is 0 Å². The number of aliphatic hydroxyl groups is 1. The van der Waals surface area contributed by atoms with Crippen molar-refractivity contribution in [2.45, 2.75) is 19.1 Å². The van der Waals surface area contributed by atoms with Gasteiger partial charge in [0.15, 0.2) is 6.29 Å². The third-order valence-electron chi connectivity index (χ3n) is 1.60. The molecular formula is C7H14O3. The maximum absolute atomic E-state index is 9.14. The molecule has 3 heteroatoms. The molecule has 0 aromatic heterocycles. The molecule has 1 aliphatic rings. The summed E-state index contributed by atoms with van der Waals surface area (Å²) in [5.41, 5.74) is 0. The third-order valence-corrected chi connectivity index (χ3v) is 1.60. The van der Waals surface area contributed by atoms with Crippen LogP contribution < -0.4 is 0 Å². The smallest absolute Gasteiger partial charge is 0.157 e. The van der Waals surface area contributed by atoms with Crippen molar-refractivity contribution in [2.24, 2.45) is 5.92 Å². The molecule has 1 atom stereocenters. The zero-order valence-corrected chi connectivity index (χ0v) is 6.25. The first-order valence-electron chi connectivity index (χ1n) is 3.63. The Bertz CT molecular complexity index is 90.9. The van der Waals surface area contributed by atoms with E-state index in [0.717, 1.165) is 12.8 Å². The van der Waals surface area contributed by atoms with Crippen LogP contribution in [0.3, 0.4) is 0 Å². The summed E-state index contributed by atoms with van der Waals surface area (Å²) in [6.45, 7) is 1.05. The Hall–Kier alpha value is -0.120. The second-order valence-corrected chi connectivity index (χ2v) is 2.59. The highest BCUT2D eigenvalue weighted by Gasteiger charge is 2.30. The van der Waals surface area contributed by atoms with Gasteiger partial charge in [0.25, 0.3) is 0 Å². The van der Waals surface area contributed by atoms with Gasteiger partial charge in [-0.2, -0.15) is 0 Å². The lowest BCUT2D eigenvalue weighted by Gasteiger charge is -2.09. The molecule has 60 valence electrons. The van der Waals surface area contributed by atoms with Gasteiger partial charge in [-0.05, 0) is 12.8 Å². The van der Waals surface area contributed by atoms with Crippen molar-refractivity contribution in [3.05, 3.63) is 0 Å². The van der Waals surface area contributed by atoms with E-state index in [1.165, 1.54) is 0 Å². The molecule has 10 heavy (non-hydrogen) atoms. The highest BCUT2D eigenvalue weighted by atomic mass is 16.6. The van der Waals surface area contributed by atoms with Gasteiger partial charge in [-0.25, -0.2) is 0 Å². The molecule has 0 radical (unpaired) electrons. The summed E-state index contributed by atoms with van der Waals surface area (Å²) < 4.78 is 9.79. The Labute approximate surface area is 60.9 Å². The predicted octanol–water partition coefficient (Wildman–Crippen LogP) is 0.378. The van der Waals surface area contributed by atoms with E-state index in [4.69, 9.17) is 14.6 Å². The molecule has 1 fully saturated rings. The van der Waals surface area contributed by atoms with Crippen molar-refractivity contribution in [3.63, 3.8) is 0 Å². The molecule has 0 saturated heterocycles. The summed E-state index contributed by atoms with van der Waals surface area (Å²) in [5.74, 6) is 0.400. The number of aliphatic hydroxyl groups excluding tert-OH is 1. The molecule has 1 unspecified atom stereocenters. The summed E-state index contributed by atoms with van der Waals surface area (Å²) in [7, 11) is 1.62. The molecule has 1 N–H and O–H groups in total. The molecule has 0 heterocycles. The van der Waals surface area contributed by atoms with Crippen LogP contribution in [0.2, 0.25) is 0 Å². The van der Waals surface area contributed by atoms with Gasteiger partial charge in [0.05, 0.1) is 13.2 Å². The van der Waals surface area contributed by atoms with Crippen LogP contribution in [0, 0.1) is 5.92 Å². The van der Waals surface area contributed by atoms with E-state index in [9.17, 15) is 0 Å². The summed E-state index contributed by atoms with van der Waals surface area (Å²) >= 11 is 0. The van der Waals surface area contributed by atoms with Crippen LogP contribution in [0.25, 0.3) is 0 Å². The van der Waals surface area contributed by atoms with Crippen LogP contribution in [-0.2, 0) is 9.47 Å². The maximum Gasteiger partial charge on any atom is 0.157 e. The molecule has 0 aliphatic heterocycles. The Morgan fingerprint density at radius 1 is 1.50 bits per heavy atom. The zero-order chi connectivity index (χ0) is 7.40. The second kappa shape index (κ2) is 3.91. The van der Waals surface area contributed by atoms with E-state index in [0.29, 0.717) is 19.1 Å². The number of hydrogen-bond donors (Lipinski definition) is 1. The quantitative estimate of drug-likeness (QED) is 0.450. The van der Waals surface area contributed by atoms with E-state index in [1.807, 2.05) is 0 Å². The minimum absolute atomic E-state index is 0.400. The molecular weight excluding hydrogens is 132 g/mol. The summed E-state index contributed by atoms with van der Waals surface area (Å²) in [6.07, 6.45) is 1.66. The zero-order valence-electron chi connectivity index (χ0n) is 6.25. The van der Waals surface area contributed by atoms with Gasteiger partial charge < -0.3 is 14.6 Å². The van der Waals surface area contributed by atoms with E-state index >= 15 is 0 Å². The van der Waals surface area contributed by atoms with Crippen LogP contribution in [0.1, 0.15) is 12.8 Å². The van der Waals surface area contributed by atoms with Crippen molar-refractivity contribution < 1.29 is 14.6 Å². The normalized spacial score (nSPS) is 21.0. The second-order valence-electron chi connectivity index (χ2n) is 2.59. The molecule has 0 amide bonds. The standard InChI is InChI=1S/C7H14O3/c1-9-4-5-10-7(8)6-2-3-6/h6-8H,2-5H2,1H3. The fourth-order valence-corrected chi connectivity index (χ4v) is 0.770. The van der Waals surface area contributed by atoms with Crippen molar-refractivity contribution >= 4 is 0 Å². The van der Waals surface area contributed by atoms with Gasteiger partial charge in [-0.15, -0.1) is 0 Å². The van der Waals surface area contributed by atoms with Crippen LogP contribution in [0.5, 0.6) is 0 Å². The molecule has 0 spiro atoms. The van der Waals surface area contributed by atoms with Gasteiger partial charge in [-0.1, -0.05) is 0 Å². The Kier molecular flexibility index (Phi) is 3.12. The lowest BCUT2D eigenvalue weighted by molar-refractivity contribution is -0.121. The lowest BCUT2D eigenvalue weighted by Crippen LogP contribution is -2.16. The van der Waals surface area contributed by atoms with Crippen molar-refractivity contribution in [1.29, 1.82) is 0 Å². The van der Waals surface area contributed by atoms with Crippen LogP contribution in [-0.4, -0.2) is 31.7 Å². The third kappa shape index (κ3) is 2.64. The average Bonchev–Trinajstić information content (AvgIpc) is 2.69. The predicted molar refractivity (Wildman–Crippen MR) is 36.6 cm³/mol. The number of hydrogen-bond acceptors (Lipinski definition) is 3. The van der Waals surface area contributed by atoms with E-state index in [-0.39, 0.29) is 0 Å². The summed E-state index contributed by atoms with van der Waals surface area (Å²) in [5, 5.41) is 9.14. The Morgan fingerprint density at radius 3 is 2.70 bits per heavy atom. The van der Waals surface area contributed by atoms with E-state index in [2.05, 4.69) is 0 Å². The van der Waals surface area contributed by atoms with Crippen LogP contribution in [0.4, 0.5) is 0 Å². The summed E-state index contributed by atoms with van der Waals surface area (Å²) in [4.78, 5) is 0. The fourth-order valence-electron chi connectivity index (χ4n) is 0.770. The Morgan fingerprint density at radius 2 is 2.20 bits per heavy atom. The lowest BCUT2D eigenvalue weighted by atomic mass is 10.4. The van der Waals surface area contributed by atoms with Gasteiger partial charge in [0.1, 0.15) is 0 Å². The van der Waals surface area contributed by atoms with Crippen LogP contribution >= 0.6 is 0 Å². The molecule has 0 aromatic rings. The molecule has 0 aromatic carbocycles. The number of ether oxygens (including phenoxy) is 2. The molecule has 1 rings (SSSR count). The summed E-state index contributed by atoms with van der Waals surface area (Å²) in [6, 6.07) is 0. The highest BCUT2D eigenvalue weighted by molar-refractivity contribution is 4.75. The topological polar surface area (TPSA) is 38.7 Å². The first-order valence-corrected chi connectivity index (χ1v) is 3.63. The number of rotatable bonds is 5. The van der Waals surface area contributed by atoms with Crippen molar-refractivity contribution in [2.75, 3.05) is 20.3 Å². The minimum Gasteiger partial charge on any atom is -0.382 e. The SMILES string of the molecule is COCCOC(O)C1CC1. The fraction of sp³-hybridized carbons (Fsp3) is 1.00. The van der Waals surface area contributed by atoms with Gasteiger partial charge in [0, 0.05) is 13.0 Å². The maximum atomic E-state index is 9.14. The first kappa shape index (κ1) is 7.98. The number of methoxy groups -OCH3 is 1. The van der Waals surface area contributed by atoms with E-state index in [1.54, 1.807) is 7.11 Å². The van der Waals surface area contributed by atoms with Crippen LogP contribution in [0.15, 0.2) is 0 Å². The van der Waals surface area contributed by atoms with Crippen molar-refractivity contribution in [3.8, 4) is 0 Å². The minimum atomic E-state index is -0.546. The van der Waals surface area contributed by atoms with Gasteiger partial charge in [0.2, 0.25) is 0 Å². The largest absolute Gasteiger partial charge is 0.382 e. The highest BCUT2D eigenvalue weighted by Crippen LogP contribution is 2.32. The molecule has 0 bridgehead atoms. The average molecular weight is 146 g/mol. The monoisotopic (exact) mass is 146 g/mol. The molecule has 1 saturated carbocycles. The molecule has 1 aliphatic carbocycles.